The van der Waals surface area contributed by atoms with E-state index in [0.29, 0.717) is 48.6 Å². The van der Waals surface area contributed by atoms with Crippen LogP contribution >= 0.6 is 0 Å². The zero-order chi connectivity index (χ0) is 28.8. The van der Waals surface area contributed by atoms with Gasteiger partial charge in [0.25, 0.3) is 5.91 Å². The summed E-state index contributed by atoms with van der Waals surface area (Å²) < 4.78 is 46.3. The van der Waals surface area contributed by atoms with Crippen LogP contribution in [0.3, 0.4) is 0 Å². The minimum Gasteiger partial charge on any atom is -0.374 e. The third-order valence-electron chi connectivity index (χ3n) is 9.34. The van der Waals surface area contributed by atoms with Crippen molar-refractivity contribution in [3.63, 3.8) is 0 Å². The molecule has 218 valence electrons. The Morgan fingerprint density at radius 2 is 1.75 bits per heavy atom. The van der Waals surface area contributed by atoms with Gasteiger partial charge in [-0.3, -0.25) is 14.6 Å². The minimum absolute atomic E-state index is 0.00766. The molecule has 1 amide bonds. The zero-order valence-electron chi connectivity index (χ0n) is 24.1. The number of piperidine rings is 1. The van der Waals surface area contributed by atoms with Crippen molar-refractivity contribution in [3.8, 4) is 0 Å². The summed E-state index contributed by atoms with van der Waals surface area (Å²) in [4.78, 5) is 28.6. The molecule has 1 aliphatic carbocycles. The number of hydrogen-bond donors (Lipinski definition) is 0. The molecule has 2 unspecified atom stereocenters. The number of benzene rings is 1. The SMILES string of the molecule is CCOC1CC(N2CCN(C3(C)CCN(C(=O)c4c(C)ncnc4C)CC3)C[C@@H]2C)c2ccc(C(F)(F)F)cc21. The summed E-state index contributed by atoms with van der Waals surface area (Å²) >= 11 is 0. The second-order valence-corrected chi connectivity index (χ2v) is 11.8. The summed E-state index contributed by atoms with van der Waals surface area (Å²) in [6.45, 7) is 14.5. The Morgan fingerprint density at radius 3 is 2.35 bits per heavy atom. The van der Waals surface area contributed by atoms with Crippen molar-refractivity contribution in [1.82, 2.24) is 24.7 Å². The Bertz CT molecular complexity index is 1220. The Morgan fingerprint density at radius 1 is 1.07 bits per heavy atom. The second kappa shape index (κ2) is 11.0. The Kier molecular flexibility index (Phi) is 7.98. The third-order valence-corrected chi connectivity index (χ3v) is 9.34. The molecular weight excluding hydrogens is 519 g/mol. The molecule has 5 rings (SSSR count). The topological polar surface area (TPSA) is 61.8 Å². The van der Waals surface area contributed by atoms with Crippen LogP contribution in [0.25, 0.3) is 0 Å². The number of piperazine rings is 1. The molecule has 1 aromatic heterocycles. The average molecular weight is 560 g/mol. The van der Waals surface area contributed by atoms with Crippen molar-refractivity contribution in [2.75, 3.05) is 39.3 Å². The first-order valence-corrected chi connectivity index (χ1v) is 14.3. The fraction of sp³-hybridized carbons (Fsp3) is 0.633. The van der Waals surface area contributed by atoms with Crippen LogP contribution in [0.2, 0.25) is 0 Å². The number of aryl methyl sites for hydroxylation is 2. The number of ether oxygens (including phenoxy) is 1. The van der Waals surface area contributed by atoms with Crippen LogP contribution in [0.1, 0.15) is 90.6 Å². The van der Waals surface area contributed by atoms with Crippen LogP contribution in [-0.4, -0.2) is 81.5 Å². The van der Waals surface area contributed by atoms with Gasteiger partial charge in [0, 0.05) is 57.0 Å². The standard InChI is InChI=1S/C30H40F3N5O2/c1-6-40-26-16-25(23-8-7-22(15-24(23)26)30(31,32)33)38-14-13-37(17-19(38)2)29(5)9-11-36(12-10-29)28(39)27-20(3)34-18-35-21(27)4/h7-8,15,18-19,25-26H,6,9-14,16-17H2,1-5H3/t19-,25?,26?/m0/s1. The number of amides is 1. The number of halogens is 3. The lowest BCUT2D eigenvalue weighted by Crippen LogP contribution is -2.62. The molecule has 0 saturated carbocycles. The highest BCUT2D eigenvalue weighted by atomic mass is 19.4. The van der Waals surface area contributed by atoms with E-state index >= 15 is 0 Å². The second-order valence-electron chi connectivity index (χ2n) is 11.8. The number of rotatable bonds is 5. The number of hydrogen-bond acceptors (Lipinski definition) is 6. The lowest BCUT2D eigenvalue weighted by molar-refractivity contribution is -0.137. The predicted molar refractivity (Wildman–Crippen MR) is 146 cm³/mol. The Hall–Kier alpha value is -2.56. The third kappa shape index (κ3) is 5.37. The number of carbonyl (C=O) groups is 1. The van der Waals surface area contributed by atoms with Gasteiger partial charge in [-0.1, -0.05) is 6.07 Å². The summed E-state index contributed by atoms with van der Waals surface area (Å²) in [5.41, 5.74) is 3.04. The highest BCUT2D eigenvalue weighted by Gasteiger charge is 2.44. The lowest BCUT2D eigenvalue weighted by atomic mass is 9.86. The van der Waals surface area contributed by atoms with Gasteiger partial charge in [0.05, 0.1) is 28.6 Å². The van der Waals surface area contributed by atoms with Crippen molar-refractivity contribution >= 4 is 5.91 Å². The van der Waals surface area contributed by atoms with Gasteiger partial charge in [0.2, 0.25) is 0 Å². The van der Waals surface area contributed by atoms with Crippen LogP contribution in [0.4, 0.5) is 13.2 Å². The Labute approximate surface area is 234 Å². The van der Waals surface area contributed by atoms with Gasteiger partial charge in [-0.05, 0) is 77.1 Å². The molecular formula is C30H40F3N5O2. The van der Waals surface area contributed by atoms with E-state index in [9.17, 15) is 18.0 Å². The molecule has 0 spiro atoms. The van der Waals surface area contributed by atoms with Gasteiger partial charge >= 0.3 is 6.18 Å². The first-order chi connectivity index (χ1) is 18.9. The first-order valence-electron chi connectivity index (χ1n) is 14.3. The minimum atomic E-state index is -4.37. The van der Waals surface area contributed by atoms with E-state index in [1.807, 2.05) is 25.7 Å². The molecule has 0 bridgehead atoms. The molecule has 10 heteroatoms. The van der Waals surface area contributed by atoms with E-state index in [1.165, 1.54) is 18.5 Å². The number of fused-ring (bicyclic) bond motifs is 1. The highest BCUT2D eigenvalue weighted by molar-refractivity contribution is 5.96. The van der Waals surface area contributed by atoms with Crippen molar-refractivity contribution in [3.05, 3.63) is 58.2 Å². The summed E-state index contributed by atoms with van der Waals surface area (Å²) in [5.74, 6) is 0.00766. The maximum absolute atomic E-state index is 13.4. The van der Waals surface area contributed by atoms with Crippen LogP contribution in [0.15, 0.2) is 24.5 Å². The number of aromatic nitrogens is 2. The number of carbonyl (C=O) groups excluding carboxylic acids is 1. The molecule has 2 aromatic rings. The van der Waals surface area contributed by atoms with Gasteiger partial charge < -0.3 is 9.64 Å². The molecule has 1 aromatic carbocycles. The van der Waals surface area contributed by atoms with E-state index in [0.717, 1.165) is 38.0 Å². The average Bonchev–Trinajstić information content (AvgIpc) is 3.26. The molecule has 3 atom stereocenters. The van der Waals surface area contributed by atoms with Crippen LogP contribution in [0.5, 0.6) is 0 Å². The molecule has 0 N–H and O–H groups in total. The largest absolute Gasteiger partial charge is 0.416 e. The number of likely N-dealkylation sites (tertiary alicyclic amines) is 1. The maximum atomic E-state index is 13.4. The molecule has 40 heavy (non-hydrogen) atoms. The fourth-order valence-electron chi connectivity index (χ4n) is 6.96. The van der Waals surface area contributed by atoms with Crippen LogP contribution in [0, 0.1) is 13.8 Å². The van der Waals surface area contributed by atoms with Crippen molar-refractivity contribution in [2.24, 2.45) is 0 Å². The van der Waals surface area contributed by atoms with E-state index in [4.69, 9.17) is 4.74 Å². The molecule has 3 heterocycles. The van der Waals surface area contributed by atoms with Crippen molar-refractivity contribution in [1.29, 1.82) is 0 Å². The van der Waals surface area contributed by atoms with Gasteiger partial charge in [-0.15, -0.1) is 0 Å². The predicted octanol–water partition coefficient (Wildman–Crippen LogP) is 5.34. The van der Waals surface area contributed by atoms with Gasteiger partial charge in [0.15, 0.2) is 0 Å². The van der Waals surface area contributed by atoms with E-state index in [2.05, 4.69) is 33.6 Å². The summed E-state index contributed by atoms with van der Waals surface area (Å²) in [6.07, 6.45) is -0.752. The molecule has 3 aliphatic rings. The van der Waals surface area contributed by atoms with E-state index in [1.54, 1.807) is 6.07 Å². The van der Waals surface area contributed by atoms with Gasteiger partial charge in [-0.2, -0.15) is 13.2 Å². The smallest absolute Gasteiger partial charge is 0.374 e. The van der Waals surface area contributed by atoms with Crippen LogP contribution in [-0.2, 0) is 10.9 Å². The van der Waals surface area contributed by atoms with Crippen molar-refractivity contribution < 1.29 is 22.7 Å². The molecule has 7 nitrogen and oxygen atoms in total. The van der Waals surface area contributed by atoms with Gasteiger partial charge in [0.1, 0.15) is 6.33 Å². The normalized spacial score (nSPS) is 25.7. The lowest BCUT2D eigenvalue weighted by Gasteiger charge is -2.52. The molecule has 0 radical (unpaired) electrons. The van der Waals surface area contributed by atoms with E-state index < -0.39 is 11.7 Å². The van der Waals surface area contributed by atoms with E-state index in [-0.39, 0.29) is 29.6 Å². The molecule has 2 fully saturated rings. The number of alkyl halides is 3. The summed E-state index contributed by atoms with van der Waals surface area (Å²) in [7, 11) is 0. The van der Waals surface area contributed by atoms with Crippen molar-refractivity contribution in [2.45, 2.75) is 83.8 Å². The summed E-state index contributed by atoms with van der Waals surface area (Å²) in [5, 5.41) is 0. The van der Waals surface area contributed by atoms with Gasteiger partial charge in [-0.25, -0.2) is 9.97 Å². The Balaban J connectivity index is 1.25. The maximum Gasteiger partial charge on any atom is 0.416 e. The zero-order valence-corrected chi connectivity index (χ0v) is 24.1. The number of nitrogens with zero attached hydrogens (tertiary/aromatic N) is 5. The molecule has 2 saturated heterocycles. The fourth-order valence-corrected chi connectivity index (χ4v) is 6.96. The highest BCUT2D eigenvalue weighted by Crippen LogP contribution is 2.47. The quantitative estimate of drug-likeness (QED) is 0.493. The summed E-state index contributed by atoms with van der Waals surface area (Å²) in [6, 6.07) is 4.44. The molecule has 2 aliphatic heterocycles. The monoisotopic (exact) mass is 559 g/mol. The van der Waals surface area contributed by atoms with Crippen LogP contribution < -0.4 is 0 Å². The first kappa shape index (κ1) is 29.0.